The molecule has 4 fully saturated rings. The highest BCUT2D eigenvalue weighted by atomic mass is 19.1. The predicted molar refractivity (Wildman–Crippen MR) is 190 cm³/mol. The van der Waals surface area contributed by atoms with Crippen molar-refractivity contribution < 1.29 is 18.7 Å². The van der Waals surface area contributed by atoms with Gasteiger partial charge in [0.2, 0.25) is 0 Å². The van der Waals surface area contributed by atoms with Gasteiger partial charge in [0, 0.05) is 31.0 Å². The van der Waals surface area contributed by atoms with Crippen LogP contribution in [0.3, 0.4) is 0 Å². The number of carbonyl (C=O) groups is 1. The van der Waals surface area contributed by atoms with Gasteiger partial charge in [-0.2, -0.15) is 10.2 Å². The molecule has 3 heterocycles. The molecule has 11 heteroatoms. The molecule has 0 saturated heterocycles. The lowest BCUT2D eigenvalue weighted by Crippen LogP contribution is -2.54. The zero-order chi connectivity index (χ0) is 35.1. The lowest BCUT2D eigenvalue weighted by molar-refractivity contribution is -0.145. The van der Waals surface area contributed by atoms with Gasteiger partial charge >= 0.3 is 0 Å². The fourth-order valence-corrected chi connectivity index (χ4v) is 11.6. The number of nitrogens with one attached hydrogen (secondary N) is 2. The molecule has 9 atom stereocenters. The second-order valence-corrected chi connectivity index (χ2v) is 16.5. The van der Waals surface area contributed by atoms with Crippen molar-refractivity contribution in [1.29, 1.82) is 0 Å². The third-order valence-corrected chi connectivity index (χ3v) is 14.2. The number of aromatic amines is 1. The molecule has 4 saturated carbocycles. The number of halogens is 1. The minimum atomic E-state index is -0.496. The van der Waals surface area contributed by atoms with Crippen molar-refractivity contribution in [3.05, 3.63) is 76.0 Å². The number of nitrogens with zero attached hydrogens (tertiary/aromatic N) is 4. The first-order valence-electron chi connectivity index (χ1n) is 18.8. The van der Waals surface area contributed by atoms with Crippen LogP contribution in [0.5, 0.6) is 5.75 Å². The zero-order valence-electron chi connectivity index (χ0n) is 29.7. The van der Waals surface area contributed by atoms with E-state index >= 15 is 0 Å². The molecule has 0 unspecified atom stereocenters. The van der Waals surface area contributed by atoms with E-state index < -0.39 is 17.3 Å². The van der Waals surface area contributed by atoms with Crippen molar-refractivity contribution in [3.8, 4) is 5.75 Å². The quantitative estimate of drug-likeness (QED) is 0.201. The minimum Gasteiger partial charge on any atom is -0.491 e. The highest BCUT2D eigenvalue weighted by molar-refractivity contribution is 5.97. The number of hydrogen-bond acceptors (Lipinski definition) is 8. The number of rotatable bonds is 7. The summed E-state index contributed by atoms with van der Waals surface area (Å²) in [5.41, 5.74) is 2.16. The molecule has 4 aliphatic carbocycles. The molecule has 0 bridgehead atoms. The molecule has 2 aromatic heterocycles. The van der Waals surface area contributed by atoms with E-state index in [9.17, 15) is 14.0 Å². The molecule has 0 spiro atoms. The minimum absolute atomic E-state index is 0.205. The van der Waals surface area contributed by atoms with Crippen LogP contribution in [0.15, 0.2) is 47.5 Å². The van der Waals surface area contributed by atoms with Gasteiger partial charge in [-0.05, 0) is 109 Å². The second-order valence-electron chi connectivity index (χ2n) is 16.5. The standard InChI is InChI=1S/C40H47FN6O4/c1-39-14-12-25(48)18-23(39)6-9-27-29-10-11-32(40(29,2)15-13-30(27)39)51-17-16-50-26-7-4-22(5-8-26)35-34(37-42-21-43-47(37)3)36-33-28(38(49)46-45-36)19-24(41)20-31(33)44-35/h4-5,7-8,19-21,23,27,29-30,32,34-35,44H,6,9-18H2,1-3H3,(H,46,49)/t23-,27-,29-,30-,32-,34+,35+,39-,40-/m0/s1. The average molecular weight is 695 g/mol. The molecule has 268 valence electrons. The van der Waals surface area contributed by atoms with Gasteiger partial charge in [-0.25, -0.2) is 14.5 Å². The van der Waals surface area contributed by atoms with E-state index in [0.717, 1.165) is 48.8 Å². The zero-order valence-corrected chi connectivity index (χ0v) is 29.7. The van der Waals surface area contributed by atoms with E-state index in [0.29, 0.717) is 58.8 Å². The van der Waals surface area contributed by atoms with Crippen molar-refractivity contribution >= 4 is 22.2 Å². The summed E-state index contributed by atoms with van der Waals surface area (Å²) in [5.74, 6) is 3.80. The molecule has 1 aliphatic heterocycles. The summed E-state index contributed by atoms with van der Waals surface area (Å²) < 4.78 is 29.2. The number of aromatic nitrogens is 5. The van der Waals surface area contributed by atoms with Gasteiger partial charge in [0.1, 0.15) is 36.1 Å². The number of hydrogen-bond donors (Lipinski definition) is 2. The van der Waals surface area contributed by atoms with E-state index in [1.807, 2.05) is 31.3 Å². The monoisotopic (exact) mass is 694 g/mol. The molecule has 5 aliphatic rings. The predicted octanol–water partition coefficient (Wildman–Crippen LogP) is 6.87. The number of Topliss-reactive ketones (excluding diaryl/α,β-unsaturated/α-hetero) is 1. The second kappa shape index (κ2) is 12.2. The summed E-state index contributed by atoms with van der Waals surface area (Å²) in [5, 5.41) is 15.6. The Morgan fingerprint density at radius 2 is 1.80 bits per heavy atom. The highest BCUT2D eigenvalue weighted by Crippen LogP contribution is 2.66. The van der Waals surface area contributed by atoms with Crippen LogP contribution in [-0.2, 0) is 16.6 Å². The summed E-state index contributed by atoms with van der Waals surface area (Å²) in [6, 6.07) is 10.2. The summed E-state index contributed by atoms with van der Waals surface area (Å²) in [7, 11) is 1.82. The van der Waals surface area contributed by atoms with Gasteiger partial charge in [0.05, 0.1) is 35.8 Å². The number of ether oxygens (including phenoxy) is 2. The molecule has 10 nitrogen and oxygen atoms in total. The van der Waals surface area contributed by atoms with Crippen molar-refractivity contribution in [2.24, 2.45) is 41.5 Å². The first-order chi connectivity index (χ1) is 24.6. The topological polar surface area (TPSA) is 124 Å². The Bertz CT molecular complexity index is 2050. The summed E-state index contributed by atoms with van der Waals surface area (Å²) in [6.07, 6.45) is 11.7. The van der Waals surface area contributed by atoms with Crippen molar-refractivity contribution in [2.75, 3.05) is 18.5 Å². The van der Waals surface area contributed by atoms with Gasteiger partial charge in [0.15, 0.2) is 0 Å². The summed E-state index contributed by atoms with van der Waals surface area (Å²) in [6.45, 7) is 6.00. The van der Waals surface area contributed by atoms with Crippen LogP contribution in [0.25, 0.3) is 10.8 Å². The molecule has 0 amide bonds. The lowest BCUT2D eigenvalue weighted by atomic mass is 9.45. The van der Waals surface area contributed by atoms with E-state index in [2.05, 4.69) is 39.4 Å². The molecule has 4 aromatic rings. The van der Waals surface area contributed by atoms with Crippen molar-refractivity contribution in [3.63, 3.8) is 0 Å². The third kappa shape index (κ3) is 5.24. The maximum atomic E-state index is 14.7. The molecule has 2 N–H and O–H groups in total. The highest BCUT2D eigenvalue weighted by Gasteiger charge is 2.60. The fraction of sp³-hybridized carbons (Fsp3) is 0.575. The summed E-state index contributed by atoms with van der Waals surface area (Å²) in [4.78, 5) is 29.4. The van der Waals surface area contributed by atoms with Crippen LogP contribution < -0.4 is 15.6 Å². The van der Waals surface area contributed by atoms with E-state index in [4.69, 9.17) is 9.47 Å². The Balaban J connectivity index is 0.861. The number of fused-ring (bicyclic) bond motifs is 5. The van der Waals surface area contributed by atoms with Crippen molar-refractivity contribution in [1.82, 2.24) is 25.0 Å². The maximum absolute atomic E-state index is 14.7. The van der Waals surface area contributed by atoms with Gasteiger partial charge in [-0.3, -0.25) is 14.3 Å². The molecule has 51 heavy (non-hydrogen) atoms. The summed E-state index contributed by atoms with van der Waals surface area (Å²) >= 11 is 0. The first-order valence-corrected chi connectivity index (χ1v) is 18.8. The molecular weight excluding hydrogens is 647 g/mol. The Morgan fingerprint density at radius 3 is 2.61 bits per heavy atom. The largest absolute Gasteiger partial charge is 0.491 e. The van der Waals surface area contributed by atoms with Crippen LogP contribution in [0, 0.1) is 40.3 Å². The maximum Gasteiger partial charge on any atom is 0.272 e. The Kier molecular flexibility index (Phi) is 7.87. The third-order valence-electron chi connectivity index (χ3n) is 14.2. The van der Waals surface area contributed by atoms with Gasteiger partial charge in [-0.1, -0.05) is 26.0 Å². The van der Waals surface area contributed by atoms with Crippen LogP contribution in [0.4, 0.5) is 10.1 Å². The normalized spacial score (nSPS) is 34.0. The number of aryl methyl sites for hydroxylation is 1. The van der Waals surface area contributed by atoms with Crippen LogP contribution in [0.2, 0.25) is 0 Å². The number of benzene rings is 2. The Morgan fingerprint density at radius 1 is 0.980 bits per heavy atom. The van der Waals surface area contributed by atoms with Gasteiger partial charge in [-0.15, -0.1) is 0 Å². The average Bonchev–Trinajstić information content (AvgIpc) is 3.70. The fourth-order valence-electron chi connectivity index (χ4n) is 11.6. The number of carbonyl (C=O) groups excluding carboxylic acids is 1. The number of anilines is 1. The van der Waals surface area contributed by atoms with E-state index in [1.54, 1.807) is 4.68 Å². The smallest absolute Gasteiger partial charge is 0.272 e. The van der Waals surface area contributed by atoms with Crippen LogP contribution in [-0.4, -0.2) is 50.1 Å². The Labute approximate surface area is 296 Å². The first kappa shape index (κ1) is 32.8. The van der Waals surface area contributed by atoms with Gasteiger partial charge < -0.3 is 14.8 Å². The molecule has 9 rings (SSSR count). The number of ketones is 1. The number of H-pyrrole nitrogens is 1. The molecule has 2 aromatic carbocycles. The SMILES string of the molecule is Cn1ncnc1[C@H]1c2n[nH]c(=O)c3cc(F)cc(c23)N[C@@H]1c1ccc(OCCO[C@H]2CC[C@H]3[C@@H]4CC[C@H]5CC(=O)CC[C@]5(C)[C@H]4CC[C@]23C)cc1. The van der Waals surface area contributed by atoms with Crippen LogP contribution in [0.1, 0.15) is 101 Å². The van der Waals surface area contributed by atoms with Gasteiger partial charge in [0.25, 0.3) is 5.56 Å². The van der Waals surface area contributed by atoms with E-state index in [-0.39, 0.29) is 22.9 Å². The lowest BCUT2D eigenvalue weighted by Gasteiger charge is -2.60. The Hall–Kier alpha value is -4.12. The van der Waals surface area contributed by atoms with E-state index in [1.165, 1.54) is 50.6 Å². The molecular formula is C40H47FN6O4. The van der Waals surface area contributed by atoms with Crippen molar-refractivity contribution in [2.45, 2.75) is 89.7 Å². The van der Waals surface area contributed by atoms with Crippen LogP contribution >= 0.6 is 0 Å². The molecule has 0 radical (unpaired) electrons.